The minimum absolute atomic E-state index is 0.0531. The molecule has 4 fully saturated rings. The number of hydrogen-bond donors (Lipinski definition) is 1. The first-order valence-electron chi connectivity index (χ1n) is 9.92. The number of esters is 1. The molecule has 0 aliphatic heterocycles. The van der Waals surface area contributed by atoms with Crippen LogP contribution < -0.4 is 0 Å². The summed E-state index contributed by atoms with van der Waals surface area (Å²) >= 11 is 0. The van der Waals surface area contributed by atoms with E-state index in [1.54, 1.807) is 6.92 Å². The van der Waals surface area contributed by atoms with Crippen LogP contribution in [-0.2, 0) is 14.3 Å². The molecule has 0 saturated heterocycles. The van der Waals surface area contributed by atoms with Gasteiger partial charge in [-0.05, 0) is 62.7 Å². The molecule has 5 heteroatoms. The van der Waals surface area contributed by atoms with Crippen molar-refractivity contribution in [2.24, 2.45) is 29.1 Å². The van der Waals surface area contributed by atoms with Gasteiger partial charge >= 0.3 is 5.97 Å². The molecule has 0 aromatic carbocycles. The van der Waals surface area contributed by atoms with Gasteiger partial charge in [-0.15, -0.1) is 0 Å². The molecule has 2 unspecified atom stereocenters. The zero-order chi connectivity index (χ0) is 18.2. The van der Waals surface area contributed by atoms with Gasteiger partial charge in [-0.2, -0.15) is 0 Å². The van der Waals surface area contributed by atoms with Gasteiger partial charge in [0.1, 0.15) is 0 Å². The second kappa shape index (κ2) is 7.26. The largest absolute Gasteiger partial charge is 0.469 e. The number of ether oxygens (including phenoxy) is 1. The van der Waals surface area contributed by atoms with E-state index in [9.17, 15) is 14.7 Å². The Labute approximate surface area is 151 Å². The summed E-state index contributed by atoms with van der Waals surface area (Å²) in [7, 11) is 1.38. The second-order valence-corrected chi connectivity index (χ2v) is 8.82. The summed E-state index contributed by atoms with van der Waals surface area (Å²) in [5.41, 5.74) is -0.243. The van der Waals surface area contributed by atoms with Crippen molar-refractivity contribution < 1.29 is 19.4 Å². The molecule has 0 heterocycles. The van der Waals surface area contributed by atoms with Crippen LogP contribution in [0.2, 0.25) is 0 Å². The van der Waals surface area contributed by atoms with Crippen molar-refractivity contribution >= 4 is 11.9 Å². The van der Waals surface area contributed by atoms with E-state index in [-0.39, 0.29) is 35.9 Å². The van der Waals surface area contributed by atoms with Crippen molar-refractivity contribution in [3.63, 3.8) is 0 Å². The normalized spacial score (nSPS) is 35.3. The number of hydrogen-bond acceptors (Lipinski definition) is 4. The molecule has 0 aromatic rings. The highest BCUT2D eigenvalue weighted by molar-refractivity contribution is 5.84. The van der Waals surface area contributed by atoms with Crippen LogP contribution in [-0.4, -0.2) is 48.2 Å². The Morgan fingerprint density at radius 2 is 1.68 bits per heavy atom. The first kappa shape index (κ1) is 18.7. The fourth-order valence-electron chi connectivity index (χ4n) is 6.09. The highest BCUT2D eigenvalue weighted by atomic mass is 16.5. The van der Waals surface area contributed by atoms with Gasteiger partial charge in [0.2, 0.25) is 5.91 Å². The summed E-state index contributed by atoms with van der Waals surface area (Å²) in [5.74, 6) is 1.61. The van der Waals surface area contributed by atoms with Crippen LogP contribution in [0.1, 0.15) is 58.8 Å². The van der Waals surface area contributed by atoms with Crippen LogP contribution in [0.25, 0.3) is 0 Å². The Hall–Kier alpha value is -1.10. The lowest BCUT2D eigenvalue weighted by Gasteiger charge is -2.57. The van der Waals surface area contributed by atoms with E-state index in [0.29, 0.717) is 30.7 Å². The maximum atomic E-state index is 13.7. The van der Waals surface area contributed by atoms with E-state index in [4.69, 9.17) is 4.74 Å². The van der Waals surface area contributed by atoms with E-state index < -0.39 is 0 Å². The van der Waals surface area contributed by atoms with E-state index in [1.807, 2.05) is 11.8 Å². The standard InChI is InChI=1S/C20H33NO4/c1-4-17(12-22)21(11-13(2)18(23)25-3)19(24)20-8-14-5-15(9-20)7-16(6-14)10-20/h13-17,22H,4-12H2,1-3H3. The first-order chi connectivity index (χ1) is 11.9. The summed E-state index contributed by atoms with van der Waals surface area (Å²) in [6.45, 7) is 4.08. The van der Waals surface area contributed by atoms with Crippen molar-refractivity contribution in [2.75, 3.05) is 20.3 Å². The van der Waals surface area contributed by atoms with Crippen molar-refractivity contribution in [2.45, 2.75) is 64.8 Å². The third kappa shape index (κ3) is 3.44. The van der Waals surface area contributed by atoms with Gasteiger partial charge in [-0.25, -0.2) is 0 Å². The number of nitrogens with zero attached hydrogens (tertiary/aromatic N) is 1. The SMILES string of the molecule is CCC(CO)N(CC(C)C(=O)OC)C(=O)C12CC3CC(CC(C3)C1)C2. The van der Waals surface area contributed by atoms with Gasteiger partial charge in [0, 0.05) is 6.54 Å². The molecule has 0 spiro atoms. The van der Waals surface area contributed by atoms with Gasteiger partial charge in [-0.3, -0.25) is 9.59 Å². The summed E-state index contributed by atoms with van der Waals surface area (Å²) < 4.78 is 4.85. The quantitative estimate of drug-likeness (QED) is 0.716. The van der Waals surface area contributed by atoms with Crippen molar-refractivity contribution in [3.05, 3.63) is 0 Å². The fourth-order valence-corrected chi connectivity index (χ4v) is 6.09. The number of aliphatic hydroxyl groups excluding tert-OH is 1. The average molecular weight is 351 g/mol. The number of methoxy groups -OCH3 is 1. The highest BCUT2D eigenvalue weighted by Crippen LogP contribution is 2.60. The van der Waals surface area contributed by atoms with E-state index in [1.165, 1.54) is 26.4 Å². The third-order valence-corrected chi connectivity index (χ3v) is 6.95. The minimum atomic E-state index is -0.372. The molecule has 4 saturated carbocycles. The predicted octanol–water partition coefficient (Wildman–Crippen LogP) is 2.61. The molecule has 1 N–H and O–H groups in total. The lowest BCUT2D eigenvalue weighted by molar-refractivity contribution is -0.163. The molecular formula is C20H33NO4. The molecule has 0 aromatic heterocycles. The molecule has 142 valence electrons. The third-order valence-electron chi connectivity index (χ3n) is 6.95. The lowest BCUT2D eigenvalue weighted by Crippen LogP contribution is -2.58. The summed E-state index contributed by atoms with van der Waals surface area (Å²) in [6, 6.07) is -0.215. The van der Waals surface area contributed by atoms with Crippen molar-refractivity contribution in [1.29, 1.82) is 0 Å². The number of amides is 1. The minimum Gasteiger partial charge on any atom is -0.469 e. The Bertz CT molecular complexity index is 479. The van der Waals surface area contributed by atoms with Gasteiger partial charge < -0.3 is 14.7 Å². The zero-order valence-corrected chi connectivity index (χ0v) is 15.9. The maximum Gasteiger partial charge on any atom is 0.310 e. The Balaban J connectivity index is 1.82. The second-order valence-electron chi connectivity index (χ2n) is 8.82. The summed E-state index contributed by atoms with van der Waals surface area (Å²) in [5, 5.41) is 9.83. The Morgan fingerprint density at radius 3 is 2.08 bits per heavy atom. The van der Waals surface area contributed by atoms with Crippen LogP contribution in [0.4, 0.5) is 0 Å². The molecule has 1 amide bonds. The van der Waals surface area contributed by atoms with Gasteiger partial charge in [0.15, 0.2) is 0 Å². The average Bonchev–Trinajstić information content (AvgIpc) is 2.59. The van der Waals surface area contributed by atoms with Crippen LogP contribution >= 0.6 is 0 Å². The van der Waals surface area contributed by atoms with Gasteiger partial charge in [0.25, 0.3) is 0 Å². The maximum absolute atomic E-state index is 13.7. The lowest BCUT2D eigenvalue weighted by atomic mass is 9.49. The monoisotopic (exact) mass is 351 g/mol. The smallest absolute Gasteiger partial charge is 0.310 e. The van der Waals surface area contributed by atoms with Crippen LogP contribution in [0.5, 0.6) is 0 Å². The van der Waals surface area contributed by atoms with Crippen LogP contribution in [0.15, 0.2) is 0 Å². The van der Waals surface area contributed by atoms with E-state index >= 15 is 0 Å². The predicted molar refractivity (Wildman–Crippen MR) is 94.7 cm³/mol. The molecular weight excluding hydrogens is 318 g/mol. The molecule has 4 aliphatic rings. The topological polar surface area (TPSA) is 66.8 Å². The number of aliphatic hydroxyl groups is 1. The number of carbonyl (C=O) groups is 2. The van der Waals surface area contributed by atoms with Crippen LogP contribution in [0.3, 0.4) is 0 Å². The van der Waals surface area contributed by atoms with Crippen molar-refractivity contribution in [1.82, 2.24) is 4.90 Å². The van der Waals surface area contributed by atoms with E-state index in [2.05, 4.69) is 0 Å². The summed E-state index contributed by atoms with van der Waals surface area (Å²) in [4.78, 5) is 27.4. The Morgan fingerprint density at radius 1 is 1.16 bits per heavy atom. The van der Waals surface area contributed by atoms with Gasteiger partial charge in [0.05, 0.1) is 31.1 Å². The molecule has 4 bridgehead atoms. The molecule has 4 aliphatic carbocycles. The zero-order valence-electron chi connectivity index (χ0n) is 15.9. The fraction of sp³-hybridized carbons (Fsp3) is 0.900. The summed E-state index contributed by atoms with van der Waals surface area (Å²) in [6.07, 6.45) is 7.59. The molecule has 4 rings (SSSR count). The van der Waals surface area contributed by atoms with Crippen molar-refractivity contribution in [3.8, 4) is 0 Å². The first-order valence-corrected chi connectivity index (χ1v) is 9.92. The molecule has 2 atom stereocenters. The molecule has 0 radical (unpaired) electrons. The molecule has 25 heavy (non-hydrogen) atoms. The van der Waals surface area contributed by atoms with Crippen LogP contribution in [0, 0.1) is 29.1 Å². The number of rotatable bonds is 7. The molecule has 5 nitrogen and oxygen atoms in total. The Kier molecular flexibility index (Phi) is 5.42. The van der Waals surface area contributed by atoms with Gasteiger partial charge in [-0.1, -0.05) is 13.8 Å². The van der Waals surface area contributed by atoms with E-state index in [0.717, 1.165) is 19.3 Å². The number of carbonyl (C=O) groups excluding carboxylic acids is 2. The highest BCUT2D eigenvalue weighted by Gasteiger charge is 2.56.